The molecule has 0 spiro atoms. The van der Waals surface area contributed by atoms with Crippen molar-refractivity contribution in [2.24, 2.45) is 5.41 Å². The Balaban J connectivity index is 1.96. The van der Waals surface area contributed by atoms with Gasteiger partial charge in [-0.2, -0.15) is 0 Å². The third-order valence-electron chi connectivity index (χ3n) is 4.71. The molecule has 150 valence electrons. The zero-order chi connectivity index (χ0) is 20.0. The predicted octanol–water partition coefficient (Wildman–Crippen LogP) is 2.97. The van der Waals surface area contributed by atoms with Crippen LogP contribution in [0.3, 0.4) is 0 Å². The first-order valence-electron chi connectivity index (χ1n) is 9.55. The molecule has 0 radical (unpaired) electrons. The molecule has 7 heteroatoms. The Morgan fingerprint density at radius 1 is 1.15 bits per heavy atom. The van der Waals surface area contributed by atoms with Gasteiger partial charge >= 0.3 is 0 Å². The molecule has 1 aliphatic rings. The van der Waals surface area contributed by atoms with Crippen molar-refractivity contribution < 1.29 is 9.59 Å². The monoisotopic (exact) mass is 394 g/mol. The first-order valence-corrected chi connectivity index (χ1v) is 9.93. The highest BCUT2D eigenvalue weighted by Crippen LogP contribution is 2.30. The number of amides is 2. The number of carbonyl (C=O) groups excluding carboxylic acids is 2. The van der Waals surface area contributed by atoms with Crippen LogP contribution in [0.4, 0.5) is 11.4 Å². The van der Waals surface area contributed by atoms with Crippen LogP contribution in [0.15, 0.2) is 18.2 Å². The summed E-state index contributed by atoms with van der Waals surface area (Å²) in [7, 11) is 0. The van der Waals surface area contributed by atoms with Gasteiger partial charge in [0, 0.05) is 49.6 Å². The first-order chi connectivity index (χ1) is 12.7. The number of benzene rings is 1. The van der Waals surface area contributed by atoms with Gasteiger partial charge in [-0.15, -0.1) is 0 Å². The van der Waals surface area contributed by atoms with Crippen molar-refractivity contribution in [3.63, 3.8) is 0 Å². The molecule has 27 heavy (non-hydrogen) atoms. The van der Waals surface area contributed by atoms with E-state index in [4.69, 9.17) is 11.6 Å². The molecule has 1 saturated heterocycles. The van der Waals surface area contributed by atoms with E-state index >= 15 is 0 Å². The fourth-order valence-corrected chi connectivity index (χ4v) is 3.13. The van der Waals surface area contributed by atoms with Crippen LogP contribution in [0.5, 0.6) is 0 Å². The van der Waals surface area contributed by atoms with E-state index in [9.17, 15) is 9.59 Å². The molecule has 2 rings (SSSR count). The van der Waals surface area contributed by atoms with Gasteiger partial charge in [-0.05, 0) is 24.7 Å². The zero-order valence-corrected chi connectivity index (χ0v) is 17.5. The maximum Gasteiger partial charge on any atom is 0.226 e. The number of halogens is 1. The second-order valence-corrected chi connectivity index (χ2v) is 8.32. The lowest BCUT2D eigenvalue weighted by molar-refractivity contribution is -0.128. The zero-order valence-electron chi connectivity index (χ0n) is 16.8. The lowest BCUT2D eigenvalue weighted by Gasteiger charge is -2.36. The van der Waals surface area contributed by atoms with E-state index in [2.05, 4.69) is 27.4 Å². The third-order valence-corrected chi connectivity index (χ3v) is 4.95. The summed E-state index contributed by atoms with van der Waals surface area (Å²) < 4.78 is 0. The summed E-state index contributed by atoms with van der Waals surface area (Å²) in [6.07, 6.45) is 0.220. The average Bonchev–Trinajstić information content (AvgIpc) is 2.61. The molecule has 2 N–H and O–H groups in total. The highest BCUT2D eigenvalue weighted by Gasteiger charge is 2.21. The van der Waals surface area contributed by atoms with Crippen LogP contribution in [-0.4, -0.2) is 56.0 Å². The van der Waals surface area contributed by atoms with E-state index in [-0.39, 0.29) is 18.2 Å². The van der Waals surface area contributed by atoms with E-state index in [1.807, 2.05) is 32.9 Å². The summed E-state index contributed by atoms with van der Waals surface area (Å²) in [6.45, 7) is 12.9. The first kappa shape index (κ1) is 21.5. The number of piperazine rings is 1. The lowest BCUT2D eigenvalue weighted by Crippen LogP contribution is -2.46. The van der Waals surface area contributed by atoms with Crippen molar-refractivity contribution in [3.05, 3.63) is 23.2 Å². The van der Waals surface area contributed by atoms with Crippen LogP contribution >= 0.6 is 11.6 Å². The molecule has 1 aromatic carbocycles. The molecule has 0 aliphatic carbocycles. The molecule has 1 heterocycles. The Morgan fingerprint density at radius 3 is 2.41 bits per heavy atom. The van der Waals surface area contributed by atoms with Crippen LogP contribution in [0, 0.1) is 5.41 Å². The van der Waals surface area contributed by atoms with Gasteiger partial charge in [0.25, 0.3) is 0 Å². The number of hydrogen-bond donors (Lipinski definition) is 2. The number of hydrogen-bond acceptors (Lipinski definition) is 4. The van der Waals surface area contributed by atoms with Crippen LogP contribution < -0.4 is 15.5 Å². The average molecular weight is 395 g/mol. The molecule has 0 aromatic heterocycles. The van der Waals surface area contributed by atoms with Crippen LogP contribution in [0.1, 0.15) is 34.1 Å². The highest BCUT2D eigenvalue weighted by atomic mass is 35.5. The minimum Gasteiger partial charge on any atom is -0.367 e. The number of nitrogens with zero attached hydrogens (tertiary/aromatic N) is 2. The Labute approximate surface area is 167 Å². The highest BCUT2D eigenvalue weighted by molar-refractivity contribution is 6.31. The van der Waals surface area contributed by atoms with E-state index in [0.29, 0.717) is 11.6 Å². The van der Waals surface area contributed by atoms with Crippen molar-refractivity contribution in [3.8, 4) is 0 Å². The van der Waals surface area contributed by atoms with Crippen LogP contribution in [-0.2, 0) is 9.59 Å². The van der Waals surface area contributed by atoms with Gasteiger partial charge in [-0.3, -0.25) is 9.59 Å². The fourth-order valence-electron chi connectivity index (χ4n) is 2.96. The molecule has 0 atom stereocenters. The molecular weight excluding hydrogens is 364 g/mol. The smallest absolute Gasteiger partial charge is 0.226 e. The third kappa shape index (κ3) is 6.40. The lowest BCUT2D eigenvalue weighted by atomic mass is 9.96. The van der Waals surface area contributed by atoms with Crippen LogP contribution in [0.2, 0.25) is 5.02 Å². The molecule has 1 aliphatic heterocycles. The molecular formula is C20H31ClN4O2. The second kappa shape index (κ2) is 9.42. The maximum absolute atomic E-state index is 12.4. The quantitative estimate of drug-likeness (QED) is 0.778. The number of anilines is 2. The van der Waals surface area contributed by atoms with Gasteiger partial charge in [-0.25, -0.2) is 0 Å². The molecule has 0 saturated carbocycles. The van der Waals surface area contributed by atoms with Gasteiger partial charge in [0.2, 0.25) is 11.8 Å². The molecule has 0 bridgehead atoms. The Bertz CT molecular complexity index is 664. The Kier molecular flexibility index (Phi) is 7.50. The van der Waals surface area contributed by atoms with Gasteiger partial charge < -0.3 is 20.4 Å². The minimum atomic E-state index is -0.461. The Hall–Kier alpha value is -1.79. The van der Waals surface area contributed by atoms with Crippen molar-refractivity contribution in [1.29, 1.82) is 0 Å². The number of carbonyl (C=O) groups is 2. The Morgan fingerprint density at radius 2 is 1.81 bits per heavy atom. The standard InChI is InChI=1S/C20H31ClN4O2/c1-5-24-10-12-25(13-11-24)17-7-6-15(21)14-16(17)23-18(26)8-9-22-19(27)20(2,3)4/h6-7,14H,5,8-13H2,1-4H3,(H,22,27)(H,23,26). The summed E-state index contributed by atoms with van der Waals surface area (Å²) in [5, 5.41) is 6.34. The number of likely N-dealkylation sites (N-methyl/N-ethyl adjacent to an activating group) is 1. The van der Waals surface area contributed by atoms with E-state index in [1.54, 1.807) is 6.07 Å². The normalized spacial score (nSPS) is 15.5. The van der Waals surface area contributed by atoms with Crippen molar-refractivity contribution in [2.75, 3.05) is 49.5 Å². The summed E-state index contributed by atoms with van der Waals surface area (Å²) >= 11 is 6.15. The molecule has 1 fully saturated rings. The SMILES string of the molecule is CCN1CCN(c2ccc(Cl)cc2NC(=O)CCNC(=O)C(C)(C)C)CC1. The van der Waals surface area contributed by atoms with E-state index in [1.165, 1.54) is 0 Å². The molecule has 1 aromatic rings. The minimum absolute atomic E-state index is 0.0625. The van der Waals surface area contributed by atoms with Gasteiger partial charge in [0.1, 0.15) is 0 Å². The summed E-state index contributed by atoms with van der Waals surface area (Å²) in [5.74, 6) is -0.201. The van der Waals surface area contributed by atoms with E-state index in [0.717, 1.165) is 44.1 Å². The fraction of sp³-hybridized carbons (Fsp3) is 0.600. The predicted molar refractivity (Wildman–Crippen MR) is 111 cm³/mol. The number of nitrogens with one attached hydrogen (secondary N) is 2. The summed E-state index contributed by atoms with van der Waals surface area (Å²) in [5.41, 5.74) is 1.25. The van der Waals surface area contributed by atoms with Gasteiger partial charge in [-0.1, -0.05) is 39.3 Å². The van der Waals surface area contributed by atoms with Crippen LogP contribution in [0.25, 0.3) is 0 Å². The van der Waals surface area contributed by atoms with Crippen molar-refractivity contribution >= 4 is 34.8 Å². The second-order valence-electron chi connectivity index (χ2n) is 7.89. The molecule has 0 unspecified atom stereocenters. The molecule has 6 nitrogen and oxygen atoms in total. The maximum atomic E-state index is 12.4. The largest absolute Gasteiger partial charge is 0.367 e. The van der Waals surface area contributed by atoms with E-state index < -0.39 is 5.41 Å². The van der Waals surface area contributed by atoms with Gasteiger partial charge in [0.15, 0.2) is 0 Å². The van der Waals surface area contributed by atoms with Gasteiger partial charge in [0.05, 0.1) is 11.4 Å². The molecule has 2 amide bonds. The summed E-state index contributed by atoms with van der Waals surface area (Å²) in [6, 6.07) is 5.60. The number of rotatable bonds is 6. The summed E-state index contributed by atoms with van der Waals surface area (Å²) in [4.78, 5) is 28.9. The van der Waals surface area contributed by atoms with Crippen molar-refractivity contribution in [2.45, 2.75) is 34.1 Å². The van der Waals surface area contributed by atoms with Crippen molar-refractivity contribution in [1.82, 2.24) is 10.2 Å². The topological polar surface area (TPSA) is 64.7 Å².